The molecule has 2 atom stereocenters. The highest BCUT2D eigenvalue weighted by Gasteiger charge is 2.26. The molecule has 3 rings (SSSR count). The number of amides is 1. The Morgan fingerprint density at radius 1 is 1.17 bits per heavy atom. The van der Waals surface area contributed by atoms with Crippen molar-refractivity contribution in [3.05, 3.63) is 24.3 Å². The molecule has 10 heteroatoms. The van der Waals surface area contributed by atoms with E-state index in [0.717, 1.165) is 31.9 Å². The number of carbonyl (C=O) groups excluding carboxylic acids is 1. The fraction of sp³-hybridized carbons (Fsp3) is 0.632. The highest BCUT2D eigenvalue weighted by Crippen LogP contribution is 2.24. The van der Waals surface area contributed by atoms with Crippen LogP contribution in [0.2, 0.25) is 0 Å². The summed E-state index contributed by atoms with van der Waals surface area (Å²) in [4.78, 5) is 16.9. The summed E-state index contributed by atoms with van der Waals surface area (Å²) in [7, 11) is -3.67. The molecule has 1 aromatic carbocycles. The molecule has 0 radical (unpaired) electrons. The molecule has 0 saturated carbocycles. The number of piperidine rings is 1. The number of benzene rings is 1. The van der Waals surface area contributed by atoms with Gasteiger partial charge in [-0.15, -0.1) is 24.8 Å². The molecule has 0 bridgehead atoms. The van der Waals surface area contributed by atoms with E-state index >= 15 is 0 Å². The Bertz CT molecular complexity index is 747. The molecule has 0 aromatic heterocycles. The zero-order valence-electron chi connectivity index (χ0n) is 16.7. The molecule has 2 aliphatic heterocycles. The molecule has 3 N–H and O–H groups in total. The fourth-order valence-corrected chi connectivity index (χ4v) is 4.51. The van der Waals surface area contributed by atoms with Crippen molar-refractivity contribution in [3.8, 4) is 0 Å². The Morgan fingerprint density at radius 2 is 1.79 bits per heavy atom. The summed E-state index contributed by atoms with van der Waals surface area (Å²) in [6, 6.07) is 6.61. The lowest BCUT2D eigenvalue weighted by Gasteiger charge is -2.37. The smallest absolute Gasteiger partial charge is 0.238 e. The van der Waals surface area contributed by atoms with E-state index in [-0.39, 0.29) is 35.6 Å². The first kappa shape index (κ1) is 26.0. The van der Waals surface area contributed by atoms with Crippen LogP contribution >= 0.6 is 24.8 Å². The van der Waals surface area contributed by atoms with Gasteiger partial charge in [0, 0.05) is 38.3 Å². The highest BCUT2D eigenvalue weighted by atomic mass is 35.5. The van der Waals surface area contributed by atoms with Gasteiger partial charge in [-0.2, -0.15) is 0 Å². The number of anilines is 1. The van der Waals surface area contributed by atoms with Crippen molar-refractivity contribution >= 4 is 46.4 Å². The zero-order valence-corrected chi connectivity index (χ0v) is 19.2. The molecule has 29 heavy (non-hydrogen) atoms. The summed E-state index contributed by atoms with van der Waals surface area (Å²) >= 11 is 0. The second-order valence-electron chi connectivity index (χ2n) is 7.69. The van der Waals surface area contributed by atoms with E-state index in [9.17, 15) is 13.2 Å². The Kier molecular flexibility index (Phi) is 10.2. The molecule has 2 unspecified atom stereocenters. The Balaban J connectivity index is 0.00000210. The molecule has 0 aliphatic carbocycles. The normalized spacial score (nSPS) is 21.0. The van der Waals surface area contributed by atoms with Gasteiger partial charge in [0.1, 0.15) is 0 Å². The number of nitrogens with zero attached hydrogens (tertiary/aromatic N) is 2. The third-order valence-corrected chi connectivity index (χ3v) is 6.73. The second kappa shape index (κ2) is 11.4. The van der Waals surface area contributed by atoms with E-state index in [2.05, 4.69) is 17.1 Å². The molecule has 2 heterocycles. The highest BCUT2D eigenvalue weighted by molar-refractivity contribution is 7.89. The van der Waals surface area contributed by atoms with Gasteiger partial charge in [0.25, 0.3) is 0 Å². The number of hydrogen-bond donors (Lipinski definition) is 2. The summed E-state index contributed by atoms with van der Waals surface area (Å²) < 4.78 is 22.7. The lowest BCUT2D eigenvalue weighted by Crippen LogP contribution is -2.49. The first-order chi connectivity index (χ1) is 12.8. The zero-order chi connectivity index (χ0) is 19.4. The number of rotatable bonds is 5. The van der Waals surface area contributed by atoms with Gasteiger partial charge in [-0.1, -0.05) is 6.92 Å². The van der Waals surface area contributed by atoms with Crippen LogP contribution in [-0.2, 0) is 14.8 Å². The van der Waals surface area contributed by atoms with Gasteiger partial charge in [0.05, 0.1) is 4.90 Å². The minimum Gasteiger partial charge on any atom is -0.368 e. The van der Waals surface area contributed by atoms with Gasteiger partial charge in [0.2, 0.25) is 15.9 Å². The van der Waals surface area contributed by atoms with Crippen LogP contribution < -0.4 is 15.4 Å². The molecular weight excluding hydrogens is 435 g/mol. The van der Waals surface area contributed by atoms with Crippen LogP contribution in [-0.4, -0.2) is 58.5 Å². The SMILES string of the molecule is CC(CC(=O)N1CCN(c2ccc(S(N)(=O)=O)cc2)CC1)C1CCCNC1.Cl.Cl. The molecule has 0 spiro atoms. The molecule has 1 amide bonds. The van der Waals surface area contributed by atoms with Gasteiger partial charge >= 0.3 is 0 Å². The van der Waals surface area contributed by atoms with Crippen molar-refractivity contribution in [2.24, 2.45) is 17.0 Å². The van der Waals surface area contributed by atoms with Crippen molar-refractivity contribution in [3.63, 3.8) is 0 Å². The van der Waals surface area contributed by atoms with Crippen molar-refractivity contribution in [1.29, 1.82) is 0 Å². The third-order valence-electron chi connectivity index (χ3n) is 5.80. The number of carbonyl (C=O) groups is 1. The maximum Gasteiger partial charge on any atom is 0.238 e. The maximum absolute atomic E-state index is 12.7. The molecule has 2 fully saturated rings. The van der Waals surface area contributed by atoms with E-state index in [0.29, 0.717) is 31.3 Å². The van der Waals surface area contributed by atoms with Crippen LogP contribution in [0.25, 0.3) is 0 Å². The largest absolute Gasteiger partial charge is 0.368 e. The van der Waals surface area contributed by atoms with Crippen molar-refractivity contribution < 1.29 is 13.2 Å². The van der Waals surface area contributed by atoms with Crippen LogP contribution in [0.4, 0.5) is 5.69 Å². The predicted molar refractivity (Wildman–Crippen MR) is 120 cm³/mol. The Hall–Kier alpha value is -1.06. The first-order valence-corrected chi connectivity index (χ1v) is 11.3. The molecular formula is C19H32Cl2N4O3S. The average molecular weight is 467 g/mol. The van der Waals surface area contributed by atoms with Gasteiger partial charge in [-0.3, -0.25) is 4.79 Å². The standard InChI is InChI=1S/C19H30N4O3S.2ClH/c1-15(16-3-2-8-21-14-16)13-19(24)23-11-9-22(10-12-23)17-4-6-18(7-5-17)27(20,25)26;;/h4-7,15-16,21H,2-3,8-14H2,1H3,(H2,20,25,26);2*1H. The van der Waals surface area contributed by atoms with E-state index < -0.39 is 10.0 Å². The third kappa shape index (κ3) is 7.00. The van der Waals surface area contributed by atoms with Crippen LogP contribution in [0.5, 0.6) is 0 Å². The van der Waals surface area contributed by atoms with Crippen LogP contribution in [0.3, 0.4) is 0 Å². The Labute approximate surface area is 186 Å². The van der Waals surface area contributed by atoms with E-state index in [1.165, 1.54) is 25.0 Å². The number of hydrogen-bond acceptors (Lipinski definition) is 5. The van der Waals surface area contributed by atoms with E-state index in [1.807, 2.05) is 4.90 Å². The number of nitrogens with two attached hydrogens (primary N) is 1. The summed E-state index contributed by atoms with van der Waals surface area (Å²) in [5.74, 6) is 1.26. The van der Waals surface area contributed by atoms with Crippen LogP contribution in [0, 0.1) is 11.8 Å². The number of piperazine rings is 1. The van der Waals surface area contributed by atoms with Crippen molar-refractivity contribution in [2.75, 3.05) is 44.2 Å². The predicted octanol–water partition coefficient (Wildman–Crippen LogP) is 1.85. The van der Waals surface area contributed by atoms with Gasteiger partial charge in [-0.25, -0.2) is 13.6 Å². The number of primary sulfonamides is 1. The monoisotopic (exact) mass is 466 g/mol. The number of halogens is 2. The summed E-state index contributed by atoms with van der Waals surface area (Å²) in [6.07, 6.45) is 3.03. The summed E-state index contributed by atoms with van der Waals surface area (Å²) in [5.41, 5.74) is 0.955. The Morgan fingerprint density at radius 3 is 2.31 bits per heavy atom. The van der Waals surface area contributed by atoms with Crippen molar-refractivity contribution in [1.82, 2.24) is 10.2 Å². The minimum absolute atomic E-state index is 0. The molecule has 2 saturated heterocycles. The molecule has 166 valence electrons. The van der Waals surface area contributed by atoms with E-state index in [4.69, 9.17) is 5.14 Å². The lowest BCUT2D eigenvalue weighted by atomic mass is 9.85. The van der Waals surface area contributed by atoms with E-state index in [1.54, 1.807) is 12.1 Å². The molecule has 1 aromatic rings. The average Bonchev–Trinajstić information content (AvgIpc) is 2.68. The van der Waals surface area contributed by atoms with Gasteiger partial charge < -0.3 is 15.1 Å². The molecule has 2 aliphatic rings. The van der Waals surface area contributed by atoms with Gasteiger partial charge in [-0.05, 0) is 62.0 Å². The summed E-state index contributed by atoms with van der Waals surface area (Å²) in [6.45, 7) is 7.21. The maximum atomic E-state index is 12.7. The summed E-state index contributed by atoms with van der Waals surface area (Å²) in [5, 5.41) is 8.57. The minimum atomic E-state index is -3.67. The van der Waals surface area contributed by atoms with Crippen LogP contribution in [0.15, 0.2) is 29.2 Å². The topological polar surface area (TPSA) is 95.7 Å². The lowest BCUT2D eigenvalue weighted by molar-refractivity contribution is -0.132. The quantitative estimate of drug-likeness (QED) is 0.689. The first-order valence-electron chi connectivity index (χ1n) is 9.71. The number of nitrogens with one attached hydrogen (secondary N) is 1. The van der Waals surface area contributed by atoms with Crippen LogP contribution in [0.1, 0.15) is 26.2 Å². The fourth-order valence-electron chi connectivity index (χ4n) is 4.00. The van der Waals surface area contributed by atoms with Crippen molar-refractivity contribution in [2.45, 2.75) is 31.1 Å². The second-order valence-corrected chi connectivity index (χ2v) is 9.26. The number of sulfonamides is 1. The molecule has 7 nitrogen and oxygen atoms in total. The van der Waals surface area contributed by atoms with Gasteiger partial charge in [0.15, 0.2) is 0 Å².